The largest absolute Gasteiger partial charge is 0.465 e. The highest BCUT2D eigenvalue weighted by Gasteiger charge is 2.20. The SMILES string of the molecule is COC(=O)c1ccncc1Cc1cnn(C2CCNCC2)c1C. The Bertz CT molecular complexity index is 690. The number of ether oxygens (including phenoxy) is 1. The number of rotatable bonds is 4. The summed E-state index contributed by atoms with van der Waals surface area (Å²) < 4.78 is 6.98. The minimum atomic E-state index is -0.328. The lowest BCUT2D eigenvalue weighted by Crippen LogP contribution is -2.30. The number of piperidine rings is 1. The Labute approximate surface area is 135 Å². The van der Waals surface area contributed by atoms with Crippen LogP contribution in [0.3, 0.4) is 0 Å². The van der Waals surface area contributed by atoms with Crippen molar-refractivity contribution in [3.05, 3.63) is 47.0 Å². The summed E-state index contributed by atoms with van der Waals surface area (Å²) in [6, 6.07) is 2.16. The topological polar surface area (TPSA) is 69.0 Å². The van der Waals surface area contributed by atoms with Gasteiger partial charge in [-0.1, -0.05) is 0 Å². The van der Waals surface area contributed by atoms with Gasteiger partial charge in [-0.15, -0.1) is 0 Å². The van der Waals surface area contributed by atoms with Crippen LogP contribution in [0.4, 0.5) is 0 Å². The van der Waals surface area contributed by atoms with E-state index in [2.05, 4.69) is 27.0 Å². The monoisotopic (exact) mass is 314 g/mol. The van der Waals surface area contributed by atoms with Gasteiger partial charge < -0.3 is 10.1 Å². The first-order chi connectivity index (χ1) is 11.2. The zero-order valence-electron chi connectivity index (χ0n) is 13.6. The molecule has 0 atom stereocenters. The third kappa shape index (κ3) is 3.27. The number of hydrogen-bond acceptors (Lipinski definition) is 5. The second-order valence-corrected chi connectivity index (χ2v) is 5.88. The van der Waals surface area contributed by atoms with Gasteiger partial charge >= 0.3 is 5.97 Å². The van der Waals surface area contributed by atoms with Crippen LogP contribution in [-0.4, -0.2) is 40.9 Å². The minimum Gasteiger partial charge on any atom is -0.465 e. The number of carbonyl (C=O) groups excluding carboxylic acids is 1. The molecule has 0 unspecified atom stereocenters. The van der Waals surface area contributed by atoms with Crippen LogP contribution in [0.2, 0.25) is 0 Å². The summed E-state index contributed by atoms with van der Waals surface area (Å²) in [4.78, 5) is 16.0. The fourth-order valence-corrected chi connectivity index (χ4v) is 3.13. The molecule has 2 aromatic heterocycles. The van der Waals surface area contributed by atoms with Crippen molar-refractivity contribution in [2.24, 2.45) is 0 Å². The zero-order valence-corrected chi connectivity index (χ0v) is 13.6. The molecule has 0 aliphatic carbocycles. The van der Waals surface area contributed by atoms with Crippen LogP contribution in [0.15, 0.2) is 24.7 Å². The van der Waals surface area contributed by atoms with Crippen molar-refractivity contribution in [3.8, 4) is 0 Å². The number of pyridine rings is 1. The highest BCUT2D eigenvalue weighted by atomic mass is 16.5. The molecule has 1 saturated heterocycles. The lowest BCUT2D eigenvalue weighted by atomic mass is 10.0. The zero-order chi connectivity index (χ0) is 16.2. The third-order valence-electron chi connectivity index (χ3n) is 4.49. The maximum atomic E-state index is 11.9. The van der Waals surface area contributed by atoms with Crippen molar-refractivity contribution in [2.75, 3.05) is 20.2 Å². The summed E-state index contributed by atoms with van der Waals surface area (Å²) >= 11 is 0. The van der Waals surface area contributed by atoms with Crippen LogP contribution in [-0.2, 0) is 11.2 Å². The second-order valence-electron chi connectivity index (χ2n) is 5.88. The normalized spacial score (nSPS) is 15.6. The number of hydrogen-bond donors (Lipinski definition) is 1. The van der Waals surface area contributed by atoms with E-state index in [9.17, 15) is 4.79 Å². The summed E-state index contributed by atoms with van der Waals surface area (Å²) in [6.45, 7) is 4.17. The van der Waals surface area contributed by atoms with Crippen molar-refractivity contribution >= 4 is 5.97 Å². The van der Waals surface area contributed by atoms with E-state index in [1.807, 2.05) is 6.20 Å². The van der Waals surface area contributed by atoms with Crippen LogP contribution in [0.25, 0.3) is 0 Å². The highest BCUT2D eigenvalue weighted by Crippen LogP contribution is 2.23. The molecular formula is C17H22N4O2. The van der Waals surface area contributed by atoms with Crippen molar-refractivity contribution in [1.82, 2.24) is 20.1 Å². The summed E-state index contributed by atoms with van der Waals surface area (Å²) in [5.41, 5.74) is 3.72. The van der Waals surface area contributed by atoms with E-state index in [0.29, 0.717) is 18.0 Å². The molecule has 1 fully saturated rings. The standard InChI is InChI=1S/C17H22N4O2/c1-12-13(11-20-21(12)15-3-6-18-7-4-15)9-14-10-19-8-5-16(14)17(22)23-2/h5,8,10-11,15,18H,3-4,6-7,9H2,1-2H3. The average Bonchev–Trinajstić information content (AvgIpc) is 2.96. The molecule has 0 saturated carbocycles. The molecule has 6 nitrogen and oxygen atoms in total. The summed E-state index contributed by atoms with van der Waals surface area (Å²) in [5, 5.41) is 7.96. The third-order valence-corrected chi connectivity index (χ3v) is 4.49. The quantitative estimate of drug-likeness (QED) is 0.873. The Morgan fingerprint density at radius 1 is 1.35 bits per heavy atom. The average molecular weight is 314 g/mol. The summed E-state index contributed by atoms with van der Waals surface area (Å²) in [5.74, 6) is -0.328. The molecule has 3 heterocycles. The number of nitrogens with zero attached hydrogens (tertiary/aromatic N) is 3. The van der Waals surface area contributed by atoms with Crippen LogP contribution in [0, 0.1) is 6.92 Å². The van der Waals surface area contributed by atoms with E-state index in [-0.39, 0.29) is 5.97 Å². The highest BCUT2D eigenvalue weighted by molar-refractivity contribution is 5.90. The van der Waals surface area contributed by atoms with Crippen molar-refractivity contribution in [1.29, 1.82) is 0 Å². The predicted octanol–water partition coefficient (Wildman–Crippen LogP) is 1.89. The molecule has 3 rings (SSSR count). The van der Waals surface area contributed by atoms with Crippen molar-refractivity contribution < 1.29 is 9.53 Å². The summed E-state index contributed by atoms with van der Waals surface area (Å²) in [7, 11) is 1.40. The van der Waals surface area contributed by atoms with E-state index < -0.39 is 0 Å². The smallest absolute Gasteiger partial charge is 0.338 e. The Balaban J connectivity index is 1.84. The Morgan fingerprint density at radius 3 is 2.87 bits per heavy atom. The maximum Gasteiger partial charge on any atom is 0.338 e. The molecule has 0 amide bonds. The van der Waals surface area contributed by atoms with Gasteiger partial charge in [0, 0.05) is 24.5 Å². The van der Waals surface area contributed by atoms with Crippen LogP contribution in [0.5, 0.6) is 0 Å². The van der Waals surface area contributed by atoms with E-state index in [4.69, 9.17) is 4.74 Å². The molecule has 23 heavy (non-hydrogen) atoms. The predicted molar refractivity (Wildman–Crippen MR) is 86.5 cm³/mol. The molecule has 6 heteroatoms. The molecule has 122 valence electrons. The first-order valence-electron chi connectivity index (χ1n) is 7.95. The van der Waals surface area contributed by atoms with Crippen molar-refractivity contribution in [3.63, 3.8) is 0 Å². The van der Waals surface area contributed by atoms with E-state index in [1.165, 1.54) is 7.11 Å². The van der Waals surface area contributed by atoms with E-state index >= 15 is 0 Å². The molecule has 0 bridgehead atoms. The van der Waals surface area contributed by atoms with E-state index in [1.54, 1.807) is 18.5 Å². The van der Waals surface area contributed by atoms with Gasteiger partial charge in [0.1, 0.15) is 0 Å². The maximum absolute atomic E-state index is 11.9. The van der Waals surface area contributed by atoms with Crippen LogP contribution >= 0.6 is 0 Å². The van der Waals surface area contributed by atoms with Crippen LogP contribution < -0.4 is 5.32 Å². The van der Waals surface area contributed by atoms with Crippen molar-refractivity contribution in [2.45, 2.75) is 32.2 Å². The van der Waals surface area contributed by atoms with Gasteiger partial charge in [0.05, 0.1) is 24.9 Å². The number of aromatic nitrogens is 3. The number of esters is 1. The van der Waals surface area contributed by atoms with Gasteiger partial charge in [0.2, 0.25) is 0 Å². The summed E-state index contributed by atoms with van der Waals surface area (Å²) in [6.07, 6.45) is 8.08. The molecule has 1 N–H and O–H groups in total. The Kier molecular flexibility index (Phi) is 4.71. The second kappa shape index (κ2) is 6.91. The molecular weight excluding hydrogens is 292 g/mol. The van der Waals surface area contributed by atoms with Gasteiger partial charge in [-0.2, -0.15) is 5.10 Å². The fourth-order valence-electron chi connectivity index (χ4n) is 3.13. The molecule has 1 aliphatic rings. The first-order valence-corrected chi connectivity index (χ1v) is 7.95. The Hall–Kier alpha value is -2.21. The van der Waals surface area contributed by atoms with Gasteiger partial charge in [-0.25, -0.2) is 4.79 Å². The number of methoxy groups -OCH3 is 1. The molecule has 0 aromatic carbocycles. The minimum absolute atomic E-state index is 0.328. The van der Waals surface area contributed by atoms with Gasteiger partial charge in [0.25, 0.3) is 0 Å². The lowest BCUT2D eigenvalue weighted by Gasteiger charge is -2.24. The molecule has 2 aromatic rings. The molecule has 1 aliphatic heterocycles. The molecule has 0 radical (unpaired) electrons. The first kappa shape index (κ1) is 15.7. The van der Waals surface area contributed by atoms with Gasteiger partial charge in [0.15, 0.2) is 0 Å². The van der Waals surface area contributed by atoms with E-state index in [0.717, 1.165) is 42.8 Å². The van der Waals surface area contributed by atoms with Gasteiger partial charge in [-0.3, -0.25) is 9.67 Å². The lowest BCUT2D eigenvalue weighted by molar-refractivity contribution is 0.0599. The number of carbonyl (C=O) groups is 1. The number of nitrogens with one attached hydrogen (secondary N) is 1. The molecule has 0 spiro atoms. The van der Waals surface area contributed by atoms with Crippen LogP contribution in [0.1, 0.15) is 46.1 Å². The van der Waals surface area contributed by atoms with Gasteiger partial charge in [-0.05, 0) is 50.0 Å². The Morgan fingerprint density at radius 2 is 2.13 bits per heavy atom. The fraction of sp³-hybridized carbons (Fsp3) is 0.471.